The molecule has 0 bridgehead atoms. The number of nitrogens with one attached hydrogen (secondary N) is 2. The molecule has 15 heavy (non-hydrogen) atoms. The van der Waals surface area contributed by atoms with E-state index in [9.17, 15) is 8.42 Å². The number of hydrogen-bond donors (Lipinski definition) is 2. The van der Waals surface area contributed by atoms with E-state index in [0.29, 0.717) is 18.5 Å². The lowest BCUT2D eigenvalue weighted by Crippen LogP contribution is -2.48. The summed E-state index contributed by atoms with van der Waals surface area (Å²) >= 11 is 0. The van der Waals surface area contributed by atoms with Gasteiger partial charge in [-0.15, -0.1) is 0 Å². The van der Waals surface area contributed by atoms with Crippen molar-refractivity contribution in [1.82, 2.24) is 10.0 Å². The summed E-state index contributed by atoms with van der Waals surface area (Å²) in [5.41, 5.74) is 0. The van der Waals surface area contributed by atoms with Crippen LogP contribution in [0, 0.1) is 5.92 Å². The molecule has 0 aromatic heterocycles. The maximum Gasteiger partial charge on any atom is 0.214 e. The van der Waals surface area contributed by atoms with Gasteiger partial charge in [-0.25, -0.2) is 13.1 Å². The van der Waals surface area contributed by atoms with Crippen LogP contribution < -0.4 is 10.0 Å². The molecule has 0 aromatic carbocycles. The van der Waals surface area contributed by atoms with Gasteiger partial charge in [0.05, 0.1) is 5.25 Å². The van der Waals surface area contributed by atoms with Gasteiger partial charge in [-0.2, -0.15) is 0 Å². The van der Waals surface area contributed by atoms with E-state index < -0.39 is 10.0 Å². The molecule has 2 aliphatic rings. The standard InChI is InChI=1S/C10H20N2O2S/c1-8-3-2-6-11-10(8)7-12-15(13,14)9-4-5-9/h8-12H,2-7H2,1H3. The SMILES string of the molecule is CC1CCCNC1CNS(=O)(=O)C1CC1. The lowest BCUT2D eigenvalue weighted by atomic mass is 9.93. The largest absolute Gasteiger partial charge is 0.312 e. The molecule has 0 aromatic rings. The van der Waals surface area contributed by atoms with Gasteiger partial charge < -0.3 is 5.32 Å². The maximum absolute atomic E-state index is 11.6. The smallest absolute Gasteiger partial charge is 0.214 e. The summed E-state index contributed by atoms with van der Waals surface area (Å²) in [6.45, 7) is 3.75. The van der Waals surface area contributed by atoms with Crippen molar-refractivity contribution < 1.29 is 8.42 Å². The molecule has 2 atom stereocenters. The monoisotopic (exact) mass is 232 g/mol. The molecule has 0 amide bonds. The van der Waals surface area contributed by atoms with Crippen molar-refractivity contribution in [2.24, 2.45) is 5.92 Å². The fourth-order valence-electron chi connectivity index (χ4n) is 2.09. The topological polar surface area (TPSA) is 58.2 Å². The van der Waals surface area contributed by atoms with E-state index in [0.717, 1.165) is 19.4 Å². The number of piperidine rings is 1. The van der Waals surface area contributed by atoms with Crippen LogP contribution in [0.3, 0.4) is 0 Å². The van der Waals surface area contributed by atoms with Gasteiger partial charge in [0.15, 0.2) is 0 Å². The summed E-state index contributed by atoms with van der Waals surface area (Å²) in [7, 11) is -3.00. The van der Waals surface area contributed by atoms with Gasteiger partial charge in [0.25, 0.3) is 0 Å². The van der Waals surface area contributed by atoms with Gasteiger partial charge in [0.2, 0.25) is 10.0 Å². The van der Waals surface area contributed by atoms with Crippen molar-refractivity contribution in [3.63, 3.8) is 0 Å². The lowest BCUT2D eigenvalue weighted by molar-refractivity contribution is 0.300. The Bertz CT molecular complexity index is 311. The Morgan fingerprint density at radius 3 is 2.67 bits per heavy atom. The van der Waals surface area contributed by atoms with Crippen molar-refractivity contribution in [1.29, 1.82) is 0 Å². The van der Waals surface area contributed by atoms with Crippen LogP contribution in [0.4, 0.5) is 0 Å². The second-order valence-electron chi connectivity index (χ2n) is 4.77. The summed E-state index contributed by atoms with van der Waals surface area (Å²) < 4.78 is 25.9. The third-order valence-corrected chi connectivity index (χ3v) is 5.32. The molecule has 1 aliphatic heterocycles. The van der Waals surface area contributed by atoms with Gasteiger partial charge in [-0.05, 0) is 38.1 Å². The first-order valence-electron chi connectivity index (χ1n) is 5.81. The average molecular weight is 232 g/mol. The van der Waals surface area contributed by atoms with Crippen molar-refractivity contribution in [3.8, 4) is 0 Å². The highest BCUT2D eigenvalue weighted by Gasteiger charge is 2.36. The molecule has 1 heterocycles. The Kier molecular flexibility index (Phi) is 3.33. The highest BCUT2D eigenvalue weighted by atomic mass is 32.2. The Morgan fingerprint density at radius 1 is 1.33 bits per heavy atom. The highest BCUT2D eigenvalue weighted by Crippen LogP contribution is 2.27. The molecule has 4 nitrogen and oxygen atoms in total. The third kappa shape index (κ3) is 2.92. The first kappa shape index (κ1) is 11.4. The molecule has 2 unspecified atom stereocenters. The summed E-state index contributed by atoms with van der Waals surface area (Å²) in [4.78, 5) is 0. The number of hydrogen-bond acceptors (Lipinski definition) is 3. The van der Waals surface area contributed by atoms with E-state index in [1.165, 1.54) is 12.8 Å². The van der Waals surface area contributed by atoms with Gasteiger partial charge in [0, 0.05) is 12.6 Å². The average Bonchev–Trinajstić information content (AvgIpc) is 3.00. The summed E-state index contributed by atoms with van der Waals surface area (Å²) in [5, 5.41) is 3.27. The van der Waals surface area contributed by atoms with Crippen LogP contribution in [-0.2, 0) is 10.0 Å². The van der Waals surface area contributed by atoms with E-state index >= 15 is 0 Å². The van der Waals surface area contributed by atoms with Crippen LogP contribution in [0.5, 0.6) is 0 Å². The van der Waals surface area contributed by atoms with Crippen molar-refractivity contribution in [2.45, 2.75) is 43.9 Å². The van der Waals surface area contributed by atoms with Crippen molar-refractivity contribution in [2.75, 3.05) is 13.1 Å². The Morgan fingerprint density at radius 2 is 2.07 bits per heavy atom. The van der Waals surface area contributed by atoms with Crippen LogP contribution in [-0.4, -0.2) is 32.8 Å². The molecular weight excluding hydrogens is 212 g/mol. The quantitative estimate of drug-likeness (QED) is 0.740. The molecule has 1 saturated heterocycles. The molecule has 0 spiro atoms. The van der Waals surface area contributed by atoms with Gasteiger partial charge in [-0.1, -0.05) is 6.92 Å². The second kappa shape index (κ2) is 4.39. The Balaban J connectivity index is 1.81. The minimum absolute atomic E-state index is 0.101. The molecule has 2 rings (SSSR count). The fourth-order valence-corrected chi connectivity index (χ4v) is 3.49. The Labute approximate surface area is 91.9 Å². The Hall–Kier alpha value is -0.130. The zero-order chi connectivity index (χ0) is 10.9. The van der Waals surface area contributed by atoms with E-state index in [4.69, 9.17) is 0 Å². The maximum atomic E-state index is 11.6. The number of sulfonamides is 1. The van der Waals surface area contributed by atoms with E-state index in [1.54, 1.807) is 0 Å². The normalized spacial score (nSPS) is 32.9. The summed E-state index contributed by atoms with van der Waals surface area (Å²) in [6, 6.07) is 0.312. The van der Waals surface area contributed by atoms with E-state index in [1.807, 2.05) is 0 Å². The molecule has 5 heteroatoms. The van der Waals surface area contributed by atoms with E-state index in [2.05, 4.69) is 17.0 Å². The van der Waals surface area contributed by atoms with Crippen molar-refractivity contribution >= 4 is 10.0 Å². The summed E-state index contributed by atoms with van der Waals surface area (Å²) in [6.07, 6.45) is 4.07. The minimum Gasteiger partial charge on any atom is -0.312 e. The number of rotatable bonds is 4. The summed E-state index contributed by atoms with van der Waals surface area (Å²) in [5.74, 6) is 0.570. The molecule has 1 saturated carbocycles. The van der Waals surface area contributed by atoms with Gasteiger partial charge >= 0.3 is 0 Å². The lowest BCUT2D eigenvalue weighted by Gasteiger charge is -2.30. The van der Waals surface area contributed by atoms with Gasteiger partial charge in [-0.3, -0.25) is 0 Å². The predicted octanol–water partition coefficient (Wildman–Crippen LogP) is 0.456. The predicted molar refractivity (Wildman–Crippen MR) is 60.1 cm³/mol. The van der Waals surface area contributed by atoms with Gasteiger partial charge in [0.1, 0.15) is 0 Å². The first-order valence-corrected chi connectivity index (χ1v) is 7.36. The zero-order valence-corrected chi connectivity index (χ0v) is 10.0. The first-order chi connectivity index (χ1) is 7.09. The van der Waals surface area contributed by atoms with Crippen LogP contribution in [0.25, 0.3) is 0 Å². The van der Waals surface area contributed by atoms with Crippen molar-refractivity contribution in [3.05, 3.63) is 0 Å². The molecule has 2 N–H and O–H groups in total. The fraction of sp³-hybridized carbons (Fsp3) is 1.00. The van der Waals surface area contributed by atoms with Crippen LogP contribution >= 0.6 is 0 Å². The van der Waals surface area contributed by atoms with Crippen LogP contribution in [0.2, 0.25) is 0 Å². The molecule has 1 aliphatic carbocycles. The highest BCUT2D eigenvalue weighted by molar-refractivity contribution is 7.90. The zero-order valence-electron chi connectivity index (χ0n) is 9.20. The van der Waals surface area contributed by atoms with Crippen LogP contribution in [0.15, 0.2) is 0 Å². The van der Waals surface area contributed by atoms with E-state index in [-0.39, 0.29) is 5.25 Å². The molecule has 2 fully saturated rings. The third-order valence-electron chi connectivity index (χ3n) is 3.40. The van der Waals surface area contributed by atoms with Crippen LogP contribution in [0.1, 0.15) is 32.6 Å². The second-order valence-corrected chi connectivity index (χ2v) is 6.82. The minimum atomic E-state index is -3.00. The molecule has 88 valence electrons. The molecule has 0 radical (unpaired) electrons. The molecular formula is C10H20N2O2S.